The highest BCUT2D eigenvalue weighted by atomic mass is 19.4. The molecule has 0 bridgehead atoms. The van der Waals surface area contributed by atoms with Crippen LogP contribution in [0.15, 0.2) is 0 Å². The van der Waals surface area contributed by atoms with E-state index in [1.165, 1.54) is 6.92 Å². The predicted octanol–water partition coefficient (Wildman–Crippen LogP) is 0.354. The maximum Gasteiger partial charge on any atom is 0.395 e. The normalized spacial score (nSPS) is 29.5. The molecule has 0 unspecified atom stereocenters. The van der Waals surface area contributed by atoms with E-state index in [1.807, 2.05) is 0 Å². The molecule has 1 fully saturated rings. The summed E-state index contributed by atoms with van der Waals surface area (Å²) in [5, 5.41) is 0. The molecular formula is C7H11F3N2O. The van der Waals surface area contributed by atoms with Crippen molar-refractivity contribution in [1.82, 2.24) is 4.90 Å². The van der Waals surface area contributed by atoms with Crippen LogP contribution >= 0.6 is 0 Å². The lowest BCUT2D eigenvalue weighted by molar-refractivity contribution is -0.173. The van der Waals surface area contributed by atoms with E-state index in [4.69, 9.17) is 5.73 Å². The first-order valence-electron chi connectivity index (χ1n) is 3.90. The van der Waals surface area contributed by atoms with Gasteiger partial charge in [0.25, 0.3) is 0 Å². The van der Waals surface area contributed by atoms with Gasteiger partial charge in [0.15, 0.2) is 0 Å². The summed E-state index contributed by atoms with van der Waals surface area (Å²) < 4.78 is 36.7. The SMILES string of the molecule is CC(=O)N1C[C@@H](N)[C@H](C(F)(F)F)C1. The van der Waals surface area contributed by atoms with Gasteiger partial charge in [-0.2, -0.15) is 13.2 Å². The number of amides is 1. The molecule has 1 saturated heterocycles. The van der Waals surface area contributed by atoms with Crippen LogP contribution in [0.4, 0.5) is 13.2 Å². The first-order chi connectivity index (χ1) is 5.82. The molecule has 0 radical (unpaired) electrons. The molecule has 6 heteroatoms. The van der Waals surface area contributed by atoms with Crippen LogP contribution < -0.4 is 5.73 Å². The van der Waals surface area contributed by atoms with Crippen LogP contribution in [0.3, 0.4) is 0 Å². The van der Waals surface area contributed by atoms with Gasteiger partial charge in [-0.25, -0.2) is 0 Å². The van der Waals surface area contributed by atoms with Gasteiger partial charge in [0.1, 0.15) is 0 Å². The number of rotatable bonds is 0. The third-order valence-electron chi connectivity index (χ3n) is 2.23. The van der Waals surface area contributed by atoms with Gasteiger partial charge >= 0.3 is 6.18 Å². The Kier molecular flexibility index (Phi) is 2.51. The molecule has 2 atom stereocenters. The van der Waals surface area contributed by atoms with Crippen molar-refractivity contribution >= 4 is 5.91 Å². The first kappa shape index (κ1) is 10.3. The molecule has 0 aliphatic carbocycles. The highest BCUT2D eigenvalue weighted by Crippen LogP contribution is 2.32. The van der Waals surface area contributed by atoms with E-state index in [2.05, 4.69) is 0 Å². The highest BCUT2D eigenvalue weighted by molar-refractivity contribution is 5.73. The van der Waals surface area contributed by atoms with Gasteiger partial charge in [-0.05, 0) is 0 Å². The summed E-state index contributed by atoms with van der Waals surface area (Å²) in [6.07, 6.45) is -4.30. The van der Waals surface area contributed by atoms with Crippen molar-refractivity contribution in [2.75, 3.05) is 13.1 Å². The summed E-state index contributed by atoms with van der Waals surface area (Å²) in [7, 11) is 0. The fourth-order valence-corrected chi connectivity index (χ4v) is 1.43. The third kappa shape index (κ3) is 2.12. The second-order valence-corrected chi connectivity index (χ2v) is 3.24. The Hall–Kier alpha value is -0.780. The Morgan fingerprint density at radius 3 is 2.23 bits per heavy atom. The smallest absolute Gasteiger partial charge is 0.341 e. The Morgan fingerprint density at radius 2 is 2.00 bits per heavy atom. The monoisotopic (exact) mass is 196 g/mol. The molecule has 0 spiro atoms. The van der Waals surface area contributed by atoms with Gasteiger partial charge in [-0.15, -0.1) is 0 Å². The summed E-state index contributed by atoms with van der Waals surface area (Å²) >= 11 is 0. The van der Waals surface area contributed by atoms with Crippen molar-refractivity contribution in [3.05, 3.63) is 0 Å². The van der Waals surface area contributed by atoms with E-state index in [-0.39, 0.29) is 19.0 Å². The van der Waals surface area contributed by atoms with Crippen LogP contribution in [0.25, 0.3) is 0 Å². The standard InChI is InChI=1S/C7H11F3N2O/c1-4(13)12-2-5(6(11)3-12)7(8,9)10/h5-6H,2-3,11H2,1H3/t5-,6-/m1/s1. The number of likely N-dealkylation sites (tertiary alicyclic amines) is 1. The molecule has 1 amide bonds. The average molecular weight is 196 g/mol. The summed E-state index contributed by atoms with van der Waals surface area (Å²) in [5.74, 6) is -1.93. The van der Waals surface area contributed by atoms with Crippen LogP contribution in [0.2, 0.25) is 0 Å². The molecule has 1 aliphatic heterocycles. The Bertz CT molecular complexity index is 216. The third-order valence-corrected chi connectivity index (χ3v) is 2.23. The second-order valence-electron chi connectivity index (χ2n) is 3.24. The van der Waals surface area contributed by atoms with Crippen molar-refractivity contribution in [2.45, 2.75) is 19.1 Å². The van der Waals surface area contributed by atoms with Crippen LogP contribution in [-0.2, 0) is 4.79 Å². The first-order valence-corrected chi connectivity index (χ1v) is 3.90. The lowest BCUT2D eigenvalue weighted by Crippen LogP contribution is -2.38. The minimum absolute atomic E-state index is 0.000486. The lowest BCUT2D eigenvalue weighted by Gasteiger charge is -2.17. The Balaban J connectivity index is 2.67. The second kappa shape index (κ2) is 3.17. The van der Waals surface area contributed by atoms with Gasteiger partial charge in [-0.1, -0.05) is 0 Å². The zero-order valence-electron chi connectivity index (χ0n) is 7.14. The quantitative estimate of drug-likeness (QED) is 0.607. The van der Waals surface area contributed by atoms with Gasteiger partial charge in [-0.3, -0.25) is 4.79 Å². The van der Waals surface area contributed by atoms with E-state index in [0.29, 0.717) is 0 Å². The minimum atomic E-state index is -4.30. The molecule has 1 rings (SSSR count). The molecular weight excluding hydrogens is 185 g/mol. The number of carbonyl (C=O) groups excluding carboxylic acids is 1. The number of nitrogens with zero attached hydrogens (tertiary/aromatic N) is 1. The highest BCUT2D eigenvalue weighted by Gasteiger charge is 2.48. The van der Waals surface area contributed by atoms with Crippen molar-refractivity contribution < 1.29 is 18.0 Å². The lowest BCUT2D eigenvalue weighted by atomic mass is 10.1. The number of hydrogen-bond donors (Lipinski definition) is 1. The van der Waals surface area contributed by atoms with Crippen molar-refractivity contribution in [3.63, 3.8) is 0 Å². The van der Waals surface area contributed by atoms with Gasteiger partial charge in [0.05, 0.1) is 5.92 Å². The molecule has 0 saturated carbocycles. The maximum atomic E-state index is 12.2. The van der Waals surface area contributed by atoms with E-state index in [9.17, 15) is 18.0 Å². The van der Waals surface area contributed by atoms with Gasteiger partial charge in [0.2, 0.25) is 5.91 Å². The fourth-order valence-electron chi connectivity index (χ4n) is 1.43. The predicted molar refractivity (Wildman–Crippen MR) is 39.8 cm³/mol. The molecule has 3 nitrogen and oxygen atoms in total. The largest absolute Gasteiger partial charge is 0.395 e. The number of halogens is 3. The van der Waals surface area contributed by atoms with E-state index in [1.54, 1.807) is 0 Å². The number of hydrogen-bond acceptors (Lipinski definition) is 2. The number of alkyl halides is 3. The Morgan fingerprint density at radius 1 is 1.46 bits per heavy atom. The van der Waals surface area contributed by atoms with E-state index >= 15 is 0 Å². The zero-order valence-corrected chi connectivity index (χ0v) is 7.14. The van der Waals surface area contributed by atoms with Gasteiger partial charge in [0, 0.05) is 26.1 Å². The molecule has 2 N–H and O–H groups in total. The van der Waals surface area contributed by atoms with Crippen molar-refractivity contribution in [3.8, 4) is 0 Å². The summed E-state index contributed by atoms with van der Waals surface area (Å²) in [6, 6.07) is -0.983. The average Bonchev–Trinajstić information content (AvgIpc) is 2.29. The molecule has 0 aromatic heterocycles. The fraction of sp³-hybridized carbons (Fsp3) is 0.857. The van der Waals surface area contributed by atoms with Gasteiger partial charge < -0.3 is 10.6 Å². The number of nitrogens with two attached hydrogens (primary N) is 1. The zero-order chi connectivity index (χ0) is 10.2. The summed E-state index contributed by atoms with van der Waals surface area (Å²) in [6.45, 7) is 0.936. The number of carbonyl (C=O) groups is 1. The molecule has 1 heterocycles. The minimum Gasteiger partial charge on any atom is -0.341 e. The summed E-state index contributed by atoms with van der Waals surface area (Å²) in [4.78, 5) is 11.9. The van der Waals surface area contributed by atoms with Crippen LogP contribution in [0, 0.1) is 5.92 Å². The molecule has 13 heavy (non-hydrogen) atoms. The van der Waals surface area contributed by atoms with Crippen molar-refractivity contribution in [2.24, 2.45) is 11.7 Å². The van der Waals surface area contributed by atoms with Crippen LogP contribution in [0.5, 0.6) is 0 Å². The van der Waals surface area contributed by atoms with E-state index in [0.717, 1.165) is 4.90 Å². The van der Waals surface area contributed by atoms with E-state index < -0.39 is 18.1 Å². The summed E-state index contributed by atoms with van der Waals surface area (Å²) in [5.41, 5.74) is 5.28. The molecule has 0 aromatic carbocycles. The molecule has 1 aliphatic rings. The molecule has 76 valence electrons. The van der Waals surface area contributed by atoms with Crippen LogP contribution in [-0.4, -0.2) is 36.1 Å². The molecule has 0 aromatic rings. The maximum absolute atomic E-state index is 12.2. The van der Waals surface area contributed by atoms with Crippen LogP contribution in [0.1, 0.15) is 6.92 Å². The topological polar surface area (TPSA) is 46.3 Å². The Labute approximate surface area is 73.7 Å². The van der Waals surface area contributed by atoms with Crippen molar-refractivity contribution in [1.29, 1.82) is 0 Å².